The highest BCUT2D eigenvalue weighted by atomic mass is 35.5. The molecule has 0 bridgehead atoms. The van der Waals surface area contributed by atoms with Gasteiger partial charge in [0.25, 0.3) is 5.91 Å². The molecule has 0 aliphatic heterocycles. The van der Waals surface area contributed by atoms with Crippen LogP contribution in [0.1, 0.15) is 23.1 Å². The number of aromatic nitrogens is 8. The molecule has 0 aliphatic rings. The Morgan fingerprint density at radius 1 is 1.14 bits per heavy atom. The van der Waals surface area contributed by atoms with E-state index in [4.69, 9.17) is 23.2 Å². The molecule has 42 heavy (non-hydrogen) atoms. The lowest BCUT2D eigenvalue weighted by atomic mass is 10.1. The van der Waals surface area contributed by atoms with E-state index in [0.29, 0.717) is 45.5 Å². The number of anilines is 1. The van der Waals surface area contributed by atoms with Crippen molar-refractivity contribution in [3.8, 4) is 28.8 Å². The molecular weight excluding hydrogens is 583 g/mol. The highest BCUT2D eigenvalue weighted by molar-refractivity contribution is 6.32. The third kappa shape index (κ3) is 6.74. The minimum atomic E-state index is -0.647. The van der Waals surface area contributed by atoms with Crippen LogP contribution in [0, 0.1) is 11.8 Å². The number of aryl methyl sites for hydroxylation is 1. The van der Waals surface area contributed by atoms with Crippen LogP contribution in [0.25, 0.3) is 16.9 Å². The number of tetrazole rings is 1. The molecule has 3 heterocycles. The molecule has 1 atom stereocenters. The van der Waals surface area contributed by atoms with Gasteiger partial charge in [0, 0.05) is 41.9 Å². The van der Waals surface area contributed by atoms with Gasteiger partial charge in [-0.3, -0.25) is 14.8 Å². The van der Waals surface area contributed by atoms with Gasteiger partial charge < -0.3 is 15.0 Å². The molecule has 0 spiro atoms. The number of imidazole rings is 1. The number of nitrogens with zero attached hydrogens (tertiary/aromatic N) is 7. The third-order valence-corrected chi connectivity index (χ3v) is 6.46. The standard InChI is InChI=1S/C27H22Cl2N10O3/c1-38-12-11-20(35-38)14-21(26-33-24(25(29)34-26)16-3-7-19(8-4-16)31-27(41)42-2)32-23(40)10-5-17-13-18(28)6-9-22(17)39-15-30-36-37-39/h3-4,6-9,11-13,15,21H,14H2,1-2H3,(H,31,41)(H,32,40)(H,33,34)/t21-/m0/s1. The molecule has 0 unspecified atom stereocenters. The predicted molar refractivity (Wildman–Crippen MR) is 154 cm³/mol. The second-order valence-corrected chi connectivity index (χ2v) is 9.67. The van der Waals surface area contributed by atoms with Crippen LogP contribution in [0.15, 0.2) is 61.1 Å². The number of H-pyrrole nitrogens is 1. The first-order valence-electron chi connectivity index (χ1n) is 12.3. The summed E-state index contributed by atoms with van der Waals surface area (Å²) in [6.45, 7) is 0. The number of amides is 2. The van der Waals surface area contributed by atoms with Crippen LogP contribution in [0.5, 0.6) is 0 Å². The van der Waals surface area contributed by atoms with Crippen molar-refractivity contribution in [2.75, 3.05) is 12.4 Å². The molecule has 2 aromatic carbocycles. The van der Waals surface area contributed by atoms with Crippen LogP contribution in [0.2, 0.25) is 10.2 Å². The van der Waals surface area contributed by atoms with Gasteiger partial charge in [0.2, 0.25) is 0 Å². The second-order valence-electron chi connectivity index (χ2n) is 8.86. The number of halogens is 2. The second kappa shape index (κ2) is 12.5. The summed E-state index contributed by atoms with van der Waals surface area (Å²) in [7, 11) is 3.09. The zero-order chi connectivity index (χ0) is 29.6. The number of nitrogens with one attached hydrogen (secondary N) is 3. The van der Waals surface area contributed by atoms with E-state index in [0.717, 1.165) is 5.69 Å². The van der Waals surface area contributed by atoms with Crippen LogP contribution >= 0.6 is 23.2 Å². The Bertz CT molecular complexity index is 1790. The Balaban J connectivity index is 1.41. The summed E-state index contributed by atoms with van der Waals surface area (Å²) in [5, 5.41) is 21.8. The van der Waals surface area contributed by atoms with E-state index < -0.39 is 18.0 Å². The first kappa shape index (κ1) is 28.3. The normalized spacial score (nSPS) is 11.3. The smallest absolute Gasteiger partial charge is 0.411 e. The molecule has 0 radical (unpaired) electrons. The molecule has 3 aromatic heterocycles. The van der Waals surface area contributed by atoms with Gasteiger partial charge in [-0.1, -0.05) is 41.3 Å². The molecule has 0 saturated heterocycles. The molecule has 0 aliphatic carbocycles. The predicted octanol–water partition coefficient (Wildman–Crippen LogP) is 3.72. The molecule has 5 aromatic rings. The van der Waals surface area contributed by atoms with Gasteiger partial charge in [-0.15, -0.1) is 5.10 Å². The van der Waals surface area contributed by atoms with Crippen molar-refractivity contribution in [1.29, 1.82) is 0 Å². The molecule has 15 heteroatoms. The lowest BCUT2D eigenvalue weighted by Crippen LogP contribution is -2.30. The van der Waals surface area contributed by atoms with Gasteiger partial charge in [0.1, 0.15) is 23.0 Å². The van der Waals surface area contributed by atoms with Crippen molar-refractivity contribution in [2.45, 2.75) is 12.5 Å². The number of aromatic amines is 1. The van der Waals surface area contributed by atoms with Crippen molar-refractivity contribution < 1.29 is 14.3 Å². The van der Waals surface area contributed by atoms with Crippen molar-refractivity contribution in [3.63, 3.8) is 0 Å². The Hall–Kier alpha value is -5.19. The number of methoxy groups -OCH3 is 1. The molecule has 0 saturated carbocycles. The fourth-order valence-corrected chi connectivity index (χ4v) is 4.42. The minimum absolute atomic E-state index is 0.273. The van der Waals surface area contributed by atoms with Crippen LogP contribution in [-0.4, -0.2) is 59.1 Å². The maximum absolute atomic E-state index is 13.1. The molecule has 3 N–H and O–H groups in total. The van der Waals surface area contributed by atoms with E-state index >= 15 is 0 Å². The Kier molecular flexibility index (Phi) is 8.47. The molecule has 0 fully saturated rings. The van der Waals surface area contributed by atoms with Gasteiger partial charge >= 0.3 is 6.09 Å². The van der Waals surface area contributed by atoms with Crippen molar-refractivity contribution in [3.05, 3.63) is 88.3 Å². The van der Waals surface area contributed by atoms with E-state index in [9.17, 15) is 9.59 Å². The van der Waals surface area contributed by atoms with Crippen LogP contribution in [0.3, 0.4) is 0 Å². The number of benzene rings is 2. The zero-order valence-corrected chi connectivity index (χ0v) is 23.7. The third-order valence-electron chi connectivity index (χ3n) is 5.95. The summed E-state index contributed by atoms with van der Waals surface area (Å²) in [5.74, 6) is 5.31. The Morgan fingerprint density at radius 3 is 2.64 bits per heavy atom. The quantitative estimate of drug-likeness (QED) is 0.237. The van der Waals surface area contributed by atoms with Crippen LogP contribution < -0.4 is 10.6 Å². The Labute approximate surface area is 249 Å². The average Bonchev–Trinajstić information content (AvgIpc) is 3.74. The molecular formula is C27H22Cl2N10O3. The van der Waals surface area contributed by atoms with E-state index in [1.165, 1.54) is 18.1 Å². The van der Waals surface area contributed by atoms with Crippen molar-refractivity contribution in [2.24, 2.45) is 7.05 Å². The summed E-state index contributed by atoms with van der Waals surface area (Å²) in [4.78, 5) is 32.3. The average molecular weight is 605 g/mol. The summed E-state index contributed by atoms with van der Waals surface area (Å²) in [5.41, 5.74) is 3.44. The monoisotopic (exact) mass is 604 g/mol. The highest BCUT2D eigenvalue weighted by Gasteiger charge is 2.22. The fraction of sp³-hybridized carbons (Fsp3) is 0.148. The lowest BCUT2D eigenvalue weighted by Gasteiger charge is -2.14. The van der Waals surface area contributed by atoms with Gasteiger partial charge in [-0.25, -0.2) is 9.78 Å². The summed E-state index contributed by atoms with van der Waals surface area (Å²) in [6.07, 6.45) is 2.95. The van der Waals surface area contributed by atoms with E-state index in [1.807, 2.05) is 6.07 Å². The van der Waals surface area contributed by atoms with Gasteiger partial charge in [0.05, 0.1) is 30.1 Å². The maximum Gasteiger partial charge on any atom is 0.411 e. The molecule has 2 amide bonds. The van der Waals surface area contributed by atoms with Crippen LogP contribution in [0.4, 0.5) is 10.5 Å². The SMILES string of the molecule is COC(=O)Nc1ccc(-c2nc([C@H](Cc3ccn(C)n3)NC(=O)C#Cc3cc(Cl)ccc3-n3cnnn3)[nH]c2Cl)cc1. The molecule has 5 rings (SSSR count). The number of hydrogen-bond acceptors (Lipinski definition) is 8. The first-order chi connectivity index (χ1) is 20.3. The highest BCUT2D eigenvalue weighted by Crippen LogP contribution is 2.29. The van der Waals surface area contributed by atoms with Gasteiger partial charge in [-0.05, 0) is 46.8 Å². The van der Waals surface area contributed by atoms with Crippen LogP contribution in [-0.2, 0) is 23.0 Å². The van der Waals surface area contributed by atoms with E-state index in [2.05, 4.69) is 57.8 Å². The summed E-state index contributed by atoms with van der Waals surface area (Å²) >= 11 is 12.7. The number of carbonyl (C=O) groups excluding carboxylic acids is 2. The number of ether oxygens (including phenoxy) is 1. The topological polar surface area (TPSA) is 158 Å². The summed E-state index contributed by atoms with van der Waals surface area (Å²) in [6, 6.07) is 13.1. The fourth-order valence-electron chi connectivity index (χ4n) is 4.00. The lowest BCUT2D eigenvalue weighted by molar-refractivity contribution is -0.116. The number of carbonyl (C=O) groups is 2. The molecule has 212 valence electrons. The summed E-state index contributed by atoms with van der Waals surface area (Å²) < 4.78 is 7.70. The van der Waals surface area contributed by atoms with Crippen molar-refractivity contribution in [1.82, 2.24) is 45.3 Å². The Morgan fingerprint density at radius 2 is 1.95 bits per heavy atom. The van der Waals surface area contributed by atoms with Gasteiger partial charge in [-0.2, -0.15) is 9.78 Å². The minimum Gasteiger partial charge on any atom is -0.453 e. The van der Waals surface area contributed by atoms with Gasteiger partial charge in [0.15, 0.2) is 0 Å². The van der Waals surface area contributed by atoms with E-state index in [1.54, 1.807) is 60.4 Å². The largest absolute Gasteiger partial charge is 0.453 e. The maximum atomic E-state index is 13.1. The van der Waals surface area contributed by atoms with Crippen molar-refractivity contribution >= 4 is 40.9 Å². The first-order valence-corrected chi connectivity index (χ1v) is 13.1. The van der Waals surface area contributed by atoms with E-state index in [-0.39, 0.29) is 5.15 Å². The molecule has 13 nitrogen and oxygen atoms in total. The number of rotatable bonds is 7. The zero-order valence-electron chi connectivity index (χ0n) is 22.2. The number of hydrogen-bond donors (Lipinski definition) is 3.